The van der Waals surface area contributed by atoms with Gasteiger partial charge in [-0.05, 0) is 18.9 Å². The molecule has 2 aliphatic heterocycles. The molecule has 114 valence electrons. The molecule has 3 rings (SSSR count). The highest BCUT2D eigenvalue weighted by Gasteiger charge is 2.56. The van der Waals surface area contributed by atoms with Gasteiger partial charge in [-0.15, -0.1) is 0 Å². The third-order valence-electron chi connectivity index (χ3n) is 4.60. The van der Waals surface area contributed by atoms with Gasteiger partial charge in [0.05, 0.1) is 12.2 Å². The van der Waals surface area contributed by atoms with Crippen LogP contribution >= 0.6 is 0 Å². The monoisotopic (exact) mass is 291 g/mol. The second kappa shape index (κ2) is 5.43. The van der Waals surface area contributed by atoms with E-state index >= 15 is 0 Å². The Morgan fingerprint density at radius 1 is 1.57 bits per heavy atom. The fraction of sp³-hybridized carbons (Fsp3) is 0.750. The number of ether oxygens (including phenoxy) is 3. The van der Waals surface area contributed by atoms with E-state index in [4.69, 9.17) is 20.8 Å². The second-order valence-electron chi connectivity index (χ2n) is 6.29. The molecule has 1 spiro atoms. The normalized spacial score (nSPS) is 42.0. The van der Waals surface area contributed by atoms with E-state index in [0.717, 1.165) is 25.7 Å². The number of hydrogen-bond acceptors (Lipinski definition) is 4. The maximum atomic E-state index is 11.1. The zero-order chi connectivity index (χ0) is 15.0. The highest BCUT2D eigenvalue weighted by molar-refractivity contribution is 5.66. The van der Waals surface area contributed by atoms with Crippen LogP contribution in [0, 0.1) is 6.57 Å². The molecule has 0 aromatic carbocycles. The molecule has 3 aliphatic rings. The molecule has 0 aromatic rings. The lowest BCUT2D eigenvalue weighted by molar-refractivity contribution is -0.152. The average Bonchev–Trinajstić information content (AvgIpc) is 2.75. The zero-order valence-electron chi connectivity index (χ0n) is 12.5. The summed E-state index contributed by atoms with van der Waals surface area (Å²) in [6.07, 6.45) is 7.01. The molecule has 1 unspecified atom stereocenters. The van der Waals surface area contributed by atoms with Crippen LogP contribution in [0.25, 0.3) is 4.85 Å². The highest BCUT2D eigenvalue weighted by atomic mass is 16.6. The molecule has 0 N–H and O–H groups in total. The molecule has 2 fully saturated rings. The maximum Gasteiger partial charge on any atom is 0.303 e. The summed E-state index contributed by atoms with van der Waals surface area (Å²) in [7, 11) is 0. The van der Waals surface area contributed by atoms with Gasteiger partial charge in [0.2, 0.25) is 6.04 Å². The fourth-order valence-corrected chi connectivity index (χ4v) is 3.66. The number of esters is 1. The van der Waals surface area contributed by atoms with Crippen molar-refractivity contribution in [2.24, 2.45) is 0 Å². The van der Waals surface area contributed by atoms with E-state index in [9.17, 15) is 4.79 Å². The van der Waals surface area contributed by atoms with E-state index in [0.29, 0.717) is 0 Å². The summed E-state index contributed by atoms with van der Waals surface area (Å²) < 4.78 is 17.6. The Bertz CT molecular complexity index is 497. The van der Waals surface area contributed by atoms with Gasteiger partial charge >= 0.3 is 5.97 Å². The van der Waals surface area contributed by atoms with Crippen LogP contribution in [0.3, 0.4) is 0 Å². The van der Waals surface area contributed by atoms with E-state index in [1.54, 1.807) is 0 Å². The zero-order valence-corrected chi connectivity index (χ0v) is 12.5. The molecule has 1 aliphatic carbocycles. The van der Waals surface area contributed by atoms with E-state index in [2.05, 4.69) is 4.85 Å². The smallest absolute Gasteiger partial charge is 0.303 e. The lowest BCUT2D eigenvalue weighted by Gasteiger charge is -2.40. The van der Waals surface area contributed by atoms with Gasteiger partial charge in [-0.2, -0.15) is 0 Å². The summed E-state index contributed by atoms with van der Waals surface area (Å²) in [5, 5.41) is 0. The van der Waals surface area contributed by atoms with Crippen molar-refractivity contribution in [3.8, 4) is 0 Å². The van der Waals surface area contributed by atoms with Crippen molar-refractivity contribution >= 4 is 5.97 Å². The van der Waals surface area contributed by atoms with Crippen LogP contribution in [0.1, 0.15) is 39.5 Å². The quantitative estimate of drug-likeness (QED) is 0.455. The van der Waals surface area contributed by atoms with Crippen molar-refractivity contribution in [2.75, 3.05) is 0 Å². The van der Waals surface area contributed by atoms with Crippen molar-refractivity contribution < 1.29 is 19.0 Å². The first kappa shape index (κ1) is 14.6. The second-order valence-corrected chi connectivity index (χ2v) is 6.29. The molecule has 5 heteroatoms. The predicted octanol–water partition coefficient (Wildman–Crippen LogP) is 2.26. The number of fused-ring (bicyclic) bond motifs is 1. The van der Waals surface area contributed by atoms with Crippen LogP contribution in [0.2, 0.25) is 0 Å². The Morgan fingerprint density at radius 3 is 3.10 bits per heavy atom. The van der Waals surface area contributed by atoms with E-state index in [-0.39, 0.29) is 42.0 Å². The third kappa shape index (κ3) is 2.70. The fourth-order valence-electron chi connectivity index (χ4n) is 3.66. The number of carbonyl (C=O) groups excluding carboxylic acids is 1. The average molecular weight is 291 g/mol. The van der Waals surface area contributed by atoms with Gasteiger partial charge in [-0.3, -0.25) is 4.79 Å². The van der Waals surface area contributed by atoms with E-state index < -0.39 is 0 Å². The largest absolute Gasteiger partial charge is 0.456 e. The summed E-state index contributed by atoms with van der Waals surface area (Å²) in [5.74, 6) is -0.288. The van der Waals surface area contributed by atoms with E-state index in [1.807, 2.05) is 19.1 Å². The molecule has 5 nitrogen and oxygen atoms in total. The minimum Gasteiger partial charge on any atom is -0.456 e. The standard InChI is InChI=1S/C16H21NO4/c1-10(17-3)8-12-4-5-15-16(21-12)7-6-13(19-11(2)18)14(9-16)20-15/h6-7,10,12-15H,4-5,8-9H2,1-2H3/t10-,12-,13-,14-,15+,16?/m1/s1. The van der Waals surface area contributed by atoms with Crippen molar-refractivity contribution in [3.05, 3.63) is 23.6 Å². The number of carbonyl (C=O) groups is 1. The van der Waals surface area contributed by atoms with Gasteiger partial charge in [0.1, 0.15) is 17.8 Å². The maximum absolute atomic E-state index is 11.1. The minimum atomic E-state index is -0.383. The van der Waals surface area contributed by atoms with Crippen LogP contribution in [0.4, 0.5) is 0 Å². The van der Waals surface area contributed by atoms with Crippen LogP contribution in [0.15, 0.2) is 12.2 Å². The highest BCUT2D eigenvalue weighted by Crippen LogP contribution is 2.47. The Morgan fingerprint density at radius 2 is 2.38 bits per heavy atom. The van der Waals surface area contributed by atoms with Gasteiger partial charge in [0, 0.05) is 26.7 Å². The Labute approximate surface area is 125 Å². The van der Waals surface area contributed by atoms with Crippen LogP contribution in [-0.4, -0.2) is 42.0 Å². The van der Waals surface area contributed by atoms with Gasteiger partial charge in [0.15, 0.2) is 0 Å². The topological polar surface area (TPSA) is 49.1 Å². The minimum absolute atomic E-state index is 0.0116. The van der Waals surface area contributed by atoms with Gasteiger partial charge in [0.25, 0.3) is 0 Å². The molecule has 0 saturated carbocycles. The number of nitrogens with zero attached hydrogens (tertiary/aromatic N) is 1. The molecule has 0 amide bonds. The first-order valence-corrected chi connectivity index (χ1v) is 7.59. The molecule has 6 atom stereocenters. The number of rotatable bonds is 3. The SMILES string of the molecule is [C-]#[N+][C@H](C)C[C@H]1CC[C@@H]2O[C@@H]3CC2(C=C[C@H]3OC(C)=O)O1. The summed E-state index contributed by atoms with van der Waals surface area (Å²) in [6, 6.07) is -0.0116. The Kier molecular flexibility index (Phi) is 3.76. The number of hydrogen-bond donors (Lipinski definition) is 0. The third-order valence-corrected chi connectivity index (χ3v) is 4.60. The Hall–Kier alpha value is -1.38. The van der Waals surface area contributed by atoms with Crippen LogP contribution in [0.5, 0.6) is 0 Å². The first-order chi connectivity index (χ1) is 10.0. The molecule has 2 saturated heterocycles. The lowest BCUT2D eigenvalue weighted by Crippen LogP contribution is -2.48. The van der Waals surface area contributed by atoms with Gasteiger partial charge < -0.3 is 19.1 Å². The van der Waals surface area contributed by atoms with E-state index in [1.165, 1.54) is 6.92 Å². The molecular formula is C16H21NO4. The molecule has 2 bridgehead atoms. The molecule has 0 radical (unpaired) electrons. The van der Waals surface area contributed by atoms with Crippen molar-refractivity contribution in [1.82, 2.24) is 0 Å². The molecule has 21 heavy (non-hydrogen) atoms. The van der Waals surface area contributed by atoms with Crippen molar-refractivity contribution in [3.63, 3.8) is 0 Å². The molecule has 0 aromatic heterocycles. The molecule has 2 heterocycles. The summed E-state index contributed by atoms with van der Waals surface area (Å²) in [4.78, 5) is 14.7. The summed E-state index contributed by atoms with van der Waals surface area (Å²) in [6.45, 7) is 10.4. The lowest BCUT2D eigenvalue weighted by atomic mass is 9.82. The summed E-state index contributed by atoms with van der Waals surface area (Å²) in [5.41, 5.74) is -0.383. The van der Waals surface area contributed by atoms with Gasteiger partial charge in [-0.1, -0.05) is 6.08 Å². The van der Waals surface area contributed by atoms with Crippen molar-refractivity contribution in [2.45, 2.75) is 75.6 Å². The van der Waals surface area contributed by atoms with Crippen LogP contribution < -0.4 is 0 Å². The predicted molar refractivity (Wildman–Crippen MR) is 75.5 cm³/mol. The van der Waals surface area contributed by atoms with Gasteiger partial charge in [-0.25, -0.2) is 6.57 Å². The Balaban J connectivity index is 1.71. The van der Waals surface area contributed by atoms with Crippen LogP contribution in [-0.2, 0) is 19.0 Å². The first-order valence-electron chi connectivity index (χ1n) is 7.59. The summed E-state index contributed by atoms with van der Waals surface area (Å²) >= 11 is 0. The molecular weight excluding hydrogens is 270 g/mol. The van der Waals surface area contributed by atoms with Crippen molar-refractivity contribution in [1.29, 1.82) is 0 Å².